The van der Waals surface area contributed by atoms with Crippen molar-refractivity contribution in [2.75, 3.05) is 5.32 Å². The van der Waals surface area contributed by atoms with Crippen LogP contribution in [0.4, 0.5) is 5.69 Å². The average molecular weight is 369 g/mol. The predicted octanol–water partition coefficient (Wildman–Crippen LogP) is 4.29. The van der Waals surface area contributed by atoms with Crippen LogP contribution in [0.3, 0.4) is 0 Å². The summed E-state index contributed by atoms with van der Waals surface area (Å²) in [5.74, 6) is 2.22. The van der Waals surface area contributed by atoms with Gasteiger partial charge < -0.3 is 10.6 Å². The van der Waals surface area contributed by atoms with Gasteiger partial charge in [0.15, 0.2) is 0 Å². The second-order valence-corrected chi connectivity index (χ2v) is 9.75. The van der Waals surface area contributed by atoms with Crippen LogP contribution in [-0.4, -0.2) is 17.9 Å². The van der Waals surface area contributed by atoms with Crippen molar-refractivity contribution in [3.05, 3.63) is 29.8 Å². The molecule has 1 aromatic rings. The van der Waals surface area contributed by atoms with E-state index < -0.39 is 6.04 Å². The maximum Gasteiger partial charge on any atom is 0.247 e. The lowest BCUT2D eigenvalue weighted by Crippen LogP contribution is -2.57. The minimum absolute atomic E-state index is 0.0488. The monoisotopic (exact) mass is 368 g/mol. The third-order valence-electron chi connectivity index (χ3n) is 7.04. The molecule has 1 aromatic carbocycles. The summed E-state index contributed by atoms with van der Waals surface area (Å²) in [6, 6.07) is 7.29. The first-order chi connectivity index (χ1) is 12.8. The Balaban J connectivity index is 1.46. The molecule has 2 N–H and O–H groups in total. The van der Waals surface area contributed by atoms with Crippen molar-refractivity contribution >= 4 is 17.5 Å². The van der Waals surface area contributed by atoms with Crippen LogP contribution in [0.2, 0.25) is 0 Å². The number of hydrogen-bond donors (Lipinski definition) is 2. The van der Waals surface area contributed by atoms with Crippen LogP contribution in [0, 0.1) is 36.0 Å². The summed E-state index contributed by atoms with van der Waals surface area (Å²) in [6.07, 6.45) is 7.01. The summed E-state index contributed by atoms with van der Waals surface area (Å²) in [6.45, 7) is 6.01. The van der Waals surface area contributed by atoms with E-state index in [1.807, 2.05) is 45.0 Å². The fraction of sp³-hybridized carbons (Fsp3) is 0.652. The Kier molecular flexibility index (Phi) is 4.77. The predicted molar refractivity (Wildman–Crippen MR) is 107 cm³/mol. The Labute approximate surface area is 162 Å². The molecule has 0 heterocycles. The Hall–Kier alpha value is -1.84. The van der Waals surface area contributed by atoms with E-state index in [2.05, 4.69) is 10.6 Å². The van der Waals surface area contributed by atoms with Gasteiger partial charge in [0.25, 0.3) is 0 Å². The molecule has 27 heavy (non-hydrogen) atoms. The van der Waals surface area contributed by atoms with Crippen LogP contribution < -0.4 is 10.6 Å². The summed E-state index contributed by atoms with van der Waals surface area (Å²) < 4.78 is 0. The van der Waals surface area contributed by atoms with Gasteiger partial charge in [0.1, 0.15) is 6.04 Å². The lowest BCUT2D eigenvalue weighted by molar-refractivity contribution is -0.148. The summed E-state index contributed by atoms with van der Waals surface area (Å²) in [4.78, 5) is 26.2. The van der Waals surface area contributed by atoms with E-state index in [1.54, 1.807) is 0 Å². The number of benzene rings is 1. The molecular formula is C23H32N2O2. The molecule has 146 valence electrons. The zero-order valence-corrected chi connectivity index (χ0v) is 16.8. The minimum atomic E-state index is -0.494. The number of amides is 2. The lowest BCUT2D eigenvalue weighted by Gasteiger charge is -2.55. The Morgan fingerprint density at radius 1 is 1.04 bits per heavy atom. The molecule has 0 aromatic heterocycles. The number of hydrogen-bond acceptors (Lipinski definition) is 2. The number of carbonyl (C=O) groups is 2. The first kappa shape index (κ1) is 18.5. The fourth-order valence-electron chi connectivity index (χ4n) is 6.16. The van der Waals surface area contributed by atoms with Gasteiger partial charge in [0.2, 0.25) is 11.8 Å². The Bertz CT molecular complexity index is 704. The molecular weight excluding hydrogens is 336 g/mol. The largest absolute Gasteiger partial charge is 0.344 e. The van der Waals surface area contributed by atoms with Crippen molar-refractivity contribution in [2.24, 2.45) is 29.1 Å². The first-order valence-corrected chi connectivity index (χ1v) is 10.5. The normalized spacial score (nSPS) is 32.4. The van der Waals surface area contributed by atoms with Gasteiger partial charge in [0.05, 0.1) is 0 Å². The van der Waals surface area contributed by atoms with Crippen LogP contribution in [-0.2, 0) is 9.59 Å². The molecule has 4 aliphatic carbocycles. The molecule has 4 bridgehead atoms. The molecule has 4 saturated carbocycles. The highest BCUT2D eigenvalue weighted by atomic mass is 16.2. The van der Waals surface area contributed by atoms with E-state index in [9.17, 15) is 9.59 Å². The number of rotatable bonds is 5. The molecule has 0 unspecified atom stereocenters. The van der Waals surface area contributed by atoms with Gasteiger partial charge in [-0.15, -0.1) is 0 Å². The molecule has 4 fully saturated rings. The van der Waals surface area contributed by atoms with Crippen molar-refractivity contribution in [1.82, 2.24) is 5.32 Å². The van der Waals surface area contributed by atoms with Gasteiger partial charge in [0, 0.05) is 11.1 Å². The van der Waals surface area contributed by atoms with Gasteiger partial charge in [-0.05, 0) is 86.8 Å². The van der Waals surface area contributed by atoms with Gasteiger partial charge in [-0.3, -0.25) is 9.59 Å². The third-order valence-corrected chi connectivity index (χ3v) is 7.04. The van der Waals surface area contributed by atoms with Crippen molar-refractivity contribution in [3.63, 3.8) is 0 Å². The molecule has 4 heteroatoms. The van der Waals surface area contributed by atoms with Crippen molar-refractivity contribution < 1.29 is 9.59 Å². The number of anilines is 1. The molecule has 0 saturated heterocycles. The minimum Gasteiger partial charge on any atom is -0.344 e. The summed E-state index contributed by atoms with van der Waals surface area (Å²) >= 11 is 0. The summed E-state index contributed by atoms with van der Waals surface area (Å²) in [5, 5.41) is 6.15. The van der Waals surface area contributed by atoms with Crippen LogP contribution in [0.15, 0.2) is 24.3 Å². The molecule has 2 amide bonds. The van der Waals surface area contributed by atoms with Crippen molar-refractivity contribution in [2.45, 2.75) is 65.3 Å². The van der Waals surface area contributed by atoms with Crippen LogP contribution in [0.5, 0.6) is 0 Å². The zero-order chi connectivity index (χ0) is 19.2. The van der Waals surface area contributed by atoms with E-state index in [1.165, 1.54) is 19.3 Å². The highest BCUT2D eigenvalue weighted by Gasteiger charge is 2.55. The van der Waals surface area contributed by atoms with E-state index in [0.29, 0.717) is 0 Å². The standard InChI is InChI=1S/C23H32N2O2/c1-14(2)20(21(26)24-19-6-4-5-15(3)7-19)25-22(27)23-11-16-8-17(12-23)10-18(9-16)13-23/h4-7,14,16-18,20H,8-13H2,1-3H3,(H,24,26)(H,25,27)/t16?,17?,18?,20-,23?/m1/s1. The van der Waals surface area contributed by atoms with Gasteiger partial charge >= 0.3 is 0 Å². The lowest BCUT2D eigenvalue weighted by atomic mass is 9.49. The molecule has 0 aliphatic heterocycles. The molecule has 0 spiro atoms. The smallest absolute Gasteiger partial charge is 0.247 e. The van der Waals surface area contributed by atoms with Gasteiger partial charge in [-0.25, -0.2) is 0 Å². The third kappa shape index (κ3) is 3.63. The SMILES string of the molecule is Cc1cccc(NC(=O)[C@H](NC(=O)C23CC4CC(CC(C4)C2)C3)C(C)C)c1. The van der Waals surface area contributed by atoms with E-state index in [4.69, 9.17) is 0 Å². The first-order valence-electron chi connectivity index (χ1n) is 10.5. The molecule has 0 radical (unpaired) electrons. The fourth-order valence-corrected chi connectivity index (χ4v) is 6.16. The maximum atomic E-state index is 13.3. The quantitative estimate of drug-likeness (QED) is 0.814. The Morgan fingerprint density at radius 2 is 1.63 bits per heavy atom. The van der Waals surface area contributed by atoms with Crippen molar-refractivity contribution in [1.29, 1.82) is 0 Å². The number of aryl methyl sites for hydroxylation is 1. The summed E-state index contributed by atoms with van der Waals surface area (Å²) in [7, 11) is 0. The molecule has 1 atom stereocenters. The van der Waals surface area contributed by atoms with Crippen LogP contribution in [0.1, 0.15) is 57.9 Å². The zero-order valence-electron chi connectivity index (χ0n) is 16.8. The maximum absolute atomic E-state index is 13.3. The highest BCUT2D eigenvalue weighted by molar-refractivity contribution is 5.98. The van der Waals surface area contributed by atoms with E-state index in [0.717, 1.165) is 48.3 Å². The van der Waals surface area contributed by atoms with Crippen LogP contribution >= 0.6 is 0 Å². The van der Waals surface area contributed by atoms with Crippen LogP contribution in [0.25, 0.3) is 0 Å². The number of nitrogens with one attached hydrogen (secondary N) is 2. The van der Waals surface area contributed by atoms with E-state index in [-0.39, 0.29) is 23.1 Å². The topological polar surface area (TPSA) is 58.2 Å². The van der Waals surface area contributed by atoms with E-state index >= 15 is 0 Å². The molecule has 5 rings (SSSR count). The average Bonchev–Trinajstić information content (AvgIpc) is 2.57. The second kappa shape index (κ2) is 6.96. The number of carbonyl (C=O) groups excluding carboxylic acids is 2. The second-order valence-electron chi connectivity index (χ2n) is 9.75. The summed E-state index contributed by atoms with van der Waals surface area (Å²) in [5.41, 5.74) is 1.67. The molecule has 4 nitrogen and oxygen atoms in total. The highest BCUT2D eigenvalue weighted by Crippen LogP contribution is 2.60. The van der Waals surface area contributed by atoms with Gasteiger partial charge in [-0.1, -0.05) is 26.0 Å². The van der Waals surface area contributed by atoms with Gasteiger partial charge in [-0.2, -0.15) is 0 Å². The Morgan fingerprint density at radius 3 is 2.15 bits per heavy atom. The molecule has 4 aliphatic rings. The van der Waals surface area contributed by atoms with Crippen molar-refractivity contribution in [3.8, 4) is 0 Å².